The Morgan fingerprint density at radius 2 is 1.67 bits per heavy atom. The van der Waals surface area contributed by atoms with Crippen LogP contribution in [0.25, 0.3) is 0 Å². The van der Waals surface area contributed by atoms with E-state index < -0.39 is 11.8 Å². The summed E-state index contributed by atoms with van der Waals surface area (Å²) in [6, 6.07) is 7.23. The second-order valence-electron chi connectivity index (χ2n) is 8.86. The lowest BCUT2D eigenvalue weighted by molar-refractivity contribution is -0.138. The van der Waals surface area contributed by atoms with Gasteiger partial charge in [-0.05, 0) is 87.7 Å². The number of rotatable bonds is 5. The predicted molar refractivity (Wildman–Crippen MR) is 104 cm³/mol. The van der Waals surface area contributed by atoms with Gasteiger partial charge < -0.3 is 15.4 Å². The van der Waals surface area contributed by atoms with Gasteiger partial charge in [-0.2, -0.15) is 0 Å². The van der Waals surface area contributed by atoms with Crippen LogP contribution >= 0.6 is 0 Å². The van der Waals surface area contributed by atoms with Gasteiger partial charge in [0.15, 0.2) is 0 Å². The first kappa shape index (κ1) is 18.3. The molecule has 1 unspecified atom stereocenters. The van der Waals surface area contributed by atoms with E-state index in [1.54, 1.807) is 12.1 Å². The fourth-order valence-electron chi connectivity index (χ4n) is 6.15. The molecule has 0 aliphatic heterocycles. The Morgan fingerprint density at radius 3 is 2.26 bits per heavy atom. The minimum absolute atomic E-state index is 0.0336. The lowest BCUT2D eigenvalue weighted by Gasteiger charge is -2.59. The number of carbonyl (C=O) groups is 2. The van der Waals surface area contributed by atoms with E-state index in [0.717, 1.165) is 17.8 Å². The summed E-state index contributed by atoms with van der Waals surface area (Å²) in [4.78, 5) is 25.0. The van der Waals surface area contributed by atoms with E-state index in [1.807, 2.05) is 19.1 Å². The number of nitrogens with one attached hydrogen (secondary N) is 2. The Kier molecular flexibility index (Phi) is 4.87. The average molecular weight is 370 g/mol. The first-order valence-electron chi connectivity index (χ1n) is 10.3. The zero-order valence-corrected chi connectivity index (χ0v) is 16.3. The first-order chi connectivity index (χ1) is 13.0. The summed E-state index contributed by atoms with van der Waals surface area (Å²) in [7, 11) is 0. The minimum Gasteiger partial charge on any atom is -0.492 e. The molecular weight excluding hydrogens is 340 g/mol. The Hall–Kier alpha value is -2.04. The van der Waals surface area contributed by atoms with Crippen molar-refractivity contribution in [2.24, 2.45) is 23.2 Å². The van der Waals surface area contributed by atoms with Crippen molar-refractivity contribution < 1.29 is 14.3 Å². The van der Waals surface area contributed by atoms with E-state index in [2.05, 4.69) is 17.6 Å². The second kappa shape index (κ2) is 7.17. The van der Waals surface area contributed by atoms with Crippen LogP contribution in [0.4, 0.5) is 5.69 Å². The van der Waals surface area contributed by atoms with Crippen LogP contribution in [0.2, 0.25) is 0 Å². The monoisotopic (exact) mass is 370 g/mol. The summed E-state index contributed by atoms with van der Waals surface area (Å²) < 4.78 is 5.52. The third-order valence-corrected chi connectivity index (χ3v) is 6.99. The summed E-state index contributed by atoms with van der Waals surface area (Å²) in [5.74, 6) is 1.87. The van der Waals surface area contributed by atoms with E-state index in [1.165, 1.54) is 38.5 Å². The molecule has 4 aliphatic carbocycles. The lowest BCUT2D eigenvalue weighted by atomic mass is 9.48. The topological polar surface area (TPSA) is 67.4 Å². The van der Waals surface area contributed by atoms with Crippen LogP contribution in [0.5, 0.6) is 5.75 Å². The van der Waals surface area contributed by atoms with E-state index in [4.69, 9.17) is 4.74 Å². The van der Waals surface area contributed by atoms with Crippen LogP contribution in [0, 0.1) is 23.2 Å². The molecular formula is C22H30N2O3. The van der Waals surface area contributed by atoms with Crippen LogP contribution in [-0.4, -0.2) is 24.5 Å². The highest BCUT2D eigenvalue weighted by Crippen LogP contribution is 2.61. The Bertz CT molecular complexity index is 695. The molecule has 2 N–H and O–H groups in total. The molecule has 4 bridgehead atoms. The molecule has 0 heterocycles. The van der Waals surface area contributed by atoms with Gasteiger partial charge in [0.2, 0.25) is 0 Å². The molecule has 4 saturated carbocycles. The molecule has 1 aromatic rings. The van der Waals surface area contributed by atoms with E-state index in [0.29, 0.717) is 18.0 Å². The van der Waals surface area contributed by atoms with Crippen LogP contribution in [0.15, 0.2) is 24.3 Å². The van der Waals surface area contributed by atoms with Crippen molar-refractivity contribution in [2.75, 3.05) is 11.9 Å². The minimum atomic E-state index is -0.626. The SMILES string of the molecule is CCOc1ccccc1NC(=O)C(=O)NC(C)C12CC3CC(CC(C3)C1)C2. The van der Waals surface area contributed by atoms with Crippen LogP contribution in [0.1, 0.15) is 52.4 Å². The fraction of sp³-hybridized carbons (Fsp3) is 0.636. The van der Waals surface area contributed by atoms with Gasteiger partial charge in [-0.25, -0.2) is 0 Å². The normalized spacial score (nSPS) is 32.0. The van der Waals surface area contributed by atoms with Gasteiger partial charge in [0.1, 0.15) is 5.75 Å². The van der Waals surface area contributed by atoms with Crippen LogP contribution in [-0.2, 0) is 9.59 Å². The van der Waals surface area contributed by atoms with Crippen molar-refractivity contribution in [2.45, 2.75) is 58.4 Å². The highest BCUT2D eigenvalue weighted by Gasteiger charge is 2.53. The first-order valence-corrected chi connectivity index (χ1v) is 10.3. The molecule has 146 valence electrons. The van der Waals surface area contributed by atoms with Gasteiger partial charge in [0.05, 0.1) is 12.3 Å². The molecule has 0 saturated heterocycles. The van der Waals surface area contributed by atoms with Gasteiger partial charge in [-0.1, -0.05) is 12.1 Å². The van der Waals surface area contributed by atoms with Crippen LogP contribution < -0.4 is 15.4 Å². The maximum Gasteiger partial charge on any atom is 0.313 e. The van der Waals surface area contributed by atoms with Gasteiger partial charge in [0.25, 0.3) is 0 Å². The average Bonchev–Trinajstić information content (AvgIpc) is 2.62. The molecule has 2 amide bonds. The summed E-state index contributed by atoms with van der Waals surface area (Å²) in [6.07, 6.45) is 7.72. The standard InChI is InChI=1S/C22H30N2O3/c1-3-27-19-7-5-4-6-18(19)24-21(26)20(25)23-14(2)22-11-15-8-16(12-22)10-17(9-15)13-22/h4-7,14-17H,3,8-13H2,1-2H3,(H,23,25)(H,24,26). The van der Waals surface area contributed by atoms with Crippen LogP contribution in [0.3, 0.4) is 0 Å². The summed E-state index contributed by atoms with van der Waals surface area (Å²) in [6.45, 7) is 4.48. The molecule has 4 aliphatic rings. The summed E-state index contributed by atoms with van der Waals surface area (Å²) >= 11 is 0. The number of benzene rings is 1. The molecule has 0 radical (unpaired) electrons. The Morgan fingerprint density at radius 1 is 1.07 bits per heavy atom. The highest BCUT2D eigenvalue weighted by molar-refractivity contribution is 6.39. The maximum atomic E-state index is 12.6. The molecule has 27 heavy (non-hydrogen) atoms. The molecule has 0 spiro atoms. The molecule has 1 aromatic carbocycles. The van der Waals surface area contributed by atoms with Crippen molar-refractivity contribution in [1.29, 1.82) is 0 Å². The molecule has 5 nitrogen and oxygen atoms in total. The lowest BCUT2D eigenvalue weighted by Crippen LogP contribution is -2.57. The van der Waals surface area contributed by atoms with Crippen molar-refractivity contribution in [1.82, 2.24) is 5.32 Å². The number of hydrogen-bond donors (Lipinski definition) is 2. The van der Waals surface area contributed by atoms with Gasteiger partial charge in [-0.3, -0.25) is 9.59 Å². The maximum absolute atomic E-state index is 12.6. The van der Waals surface area contributed by atoms with E-state index in [-0.39, 0.29) is 11.5 Å². The molecule has 5 rings (SSSR count). The van der Waals surface area contributed by atoms with Crippen molar-refractivity contribution >= 4 is 17.5 Å². The van der Waals surface area contributed by atoms with E-state index in [9.17, 15) is 9.59 Å². The third kappa shape index (κ3) is 3.56. The second-order valence-corrected chi connectivity index (χ2v) is 8.86. The van der Waals surface area contributed by atoms with Gasteiger partial charge in [0, 0.05) is 6.04 Å². The number of carbonyl (C=O) groups excluding carboxylic acids is 2. The van der Waals surface area contributed by atoms with Crippen molar-refractivity contribution in [3.8, 4) is 5.75 Å². The van der Waals surface area contributed by atoms with Gasteiger partial charge >= 0.3 is 11.8 Å². The number of amides is 2. The largest absolute Gasteiger partial charge is 0.492 e. The number of hydrogen-bond acceptors (Lipinski definition) is 3. The Labute approximate surface area is 161 Å². The van der Waals surface area contributed by atoms with Crippen molar-refractivity contribution in [3.63, 3.8) is 0 Å². The smallest absolute Gasteiger partial charge is 0.313 e. The number of ether oxygens (including phenoxy) is 1. The zero-order valence-electron chi connectivity index (χ0n) is 16.3. The third-order valence-electron chi connectivity index (χ3n) is 6.99. The Balaban J connectivity index is 1.40. The summed E-state index contributed by atoms with van der Waals surface area (Å²) in [5.41, 5.74) is 0.718. The molecule has 4 fully saturated rings. The zero-order chi connectivity index (χ0) is 19.0. The number of anilines is 1. The number of para-hydroxylation sites is 2. The quantitative estimate of drug-likeness (QED) is 0.776. The highest BCUT2D eigenvalue weighted by atomic mass is 16.5. The molecule has 5 heteroatoms. The van der Waals surface area contributed by atoms with Gasteiger partial charge in [-0.15, -0.1) is 0 Å². The van der Waals surface area contributed by atoms with E-state index >= 15 is 0 Å². The molecule has 0 aromatic heterocycles. The summed E-state index contributed by atoms with van der Waals surface area (Å²) in [5, 5.41) is 5.71. The van der Waals surface area contributed by atoms with Crippen molar-refractivity contribution in [3.05, 3.63) is 24.3 Å². The predicted octanol–water partition coefficient (Wildman–Crippen LogP) is 3.74. The fourth-order valence-corrected chi connectivity index (χ4v) is 6.15. The molecule has 1 atom stereocenters.